The Bertz CT molecular complexity index is 242. The zero-order chi connectivity index (χ0) is 9.14. The molecule has 0 saturated carbocycles. The van der Waals surface area contributed by atoms with E-state index in [9.17, 15) is 4.39 Å². The van der Waals surface area contributed by atoms with E-state index in [0.717, 1.165) is 0 Å². The van der Waals surface area contributed by atoms with Crippen LogP contribution in [0.3, 0.4) is 0 Å². The van der Waals surface area contributed by atoms with Gasteiger partial charge in [0.15, 0.2) is 0 Å². The maximum absolute atomic E-state index is 13.3. The molecule has 1 aromatic rings. The third kappa shape index (κ3) is 1.76. The molecule has 1 aromatic heterocycles. The summed E-state index contributed by atoms with van der Waals surface area (Å²) in [6.45, 7) is 0.308. The van der Waals surface area contributed by atoms with Crippen LogP contribution in [-0.2, 0) is 7.05 Å². The van der Waals surface area contributed by atoms with Crippen molar-refractivity contribution >= 4 is 11.6 Å². The molecule has 68 valence electrons. The molecule has 0 fully saturated rings. The number of aromatic nitrogens is 2. The lowest BCUT2D eigenvalue weighted by Crippen LogP contribution is -2.07. The van der Waals surface area contributed by atoms with Gasteiger partial charge in [0.05, 0.1) is 16.9 Å². The van der Waals surface area contributed by atoms with Gasteiger partial charge < -0.3 is 5.73 Å². The summed E-state index contributed by atoms with van der Waals surface area (Å²) in [7, 11) is 1.66. The first kappa shape index (κ1) is 9.48. The van der Waals surface area contributed by atoms with Crippen LogP contribution in [0.15, 0.2) is 6.20 Å². The summed E-state index contributed by atoms with van der Waals surface area (Å²) in [5.41, 5.74) is 5.63. The molecular formula is C7H11ClFN3. The van der Waals surface area contributed by atoms with Crippen LogP contribution < -0.4 is 5.73 Å². The van der Waals surface area contributed by atoms with Crippen molar-refractivity contribution in [1.82, 2.24) is 9.78 Å². The quantitative estimate of drug-likeness (QED) is 0.786. The maximum atomic E-state index is 13.3. The van der Waals surface area contributed by atoms with E-state index in [0.29, 0.717) is 17.3 Å². The van der Waals surface area contributed by atoms with Crippen LogP contribution in [-0.4, -0.2) is 16.3 Å². The zero-order valence-electron chi connectivity index (χ0n) is 6.80. The highest BCUT2D eigenvalue weighted by Crippen LogP contribution is 2.26. The molecule has 0 radical (unpaired) electrons. The Hall–Kier alpha value is -0.610. The summed E-state index contributed by atoms with van der Waals surface area (Å²) in [6.07, 6.45) is 0.592. The van der Waals surface area contributed by atoms with E-state index in [-0.39, 0.29) is 6.42 Å². The number of aryl methyl sites for hydroxylation is 1. The van der Waals surface area contributed by atoms with Crippen molar-refractivity contribution in [3.05, 3.63) is 16.9 Å². The van der Waals surface area contributed by atoms with Crippen LogP contribution >= 0.6 is 11.6 Å². The topological polar surface area (TPSA) is 43.8 Å². The van der Waals surface area contributed by atoms with E-state index >= 15 is 0 Å². The second-order valence-electron chi connectivity index (χ2n) is 2.55. The number of rotatable bonds is 3. The van der Waals surface area contributed by atoms with Crippen molar-refractivity contribution in [2.24, 2.45) is 12.8 Å². The SMILES string of the molecule is Cn1ncc(Cl)c1C(F)CCN. The third-order valence-corrected chi connectivity index (χ3v) is 1.95. The highest BCUT2D eigenvalue weighted by Gasteiger charge is 2.16. The van der Waals surface area contributed by atoms with Gasteiger partial charge in [-0.2, -0.15) is 5.10 Å². The fourth-order valence-electron chi connectivity index (χ4n) is 1.06. The molecule has 1 rings (SSSR count). The third-order valence-electron chi connectivity index (χ3n) is 1.65. The predicted octanol–water partition coefficient (Wildman–Crippen LogP) is 1.43. The molecule has 0 aromatic carbocycles. The largest absolute Gasteiger partial charge is 0.330 e. The fourth-order valence-corrected chi connectivity index (χ4v) is 1.34. The van der Waals surface area contributed by atoms with Crippen LogP contribution in [0, 0.1) is 0 Å². The molecule has 12 heavy (non-hydrogen) atoms. The van der Waals surface area contributed by atoms with Crippen molar-refractivity contribution < 1.29 is 4.39 Å². The lowest BCUT2D eigenvalue weighted by Gasteiger charge is -2.07. The number of hydrogen-bond acceptors (Lipinski definition) is 2. The fraction of sp³-hybridized carbons (Fsp3) is 0.571. The summed E-state index contributed by atoms with van der Waals surface area (Å²) >= 11 is 5.71. The highest BCUT2D eigenvalue weighted by atomic mass is 35.5. The summed E-state index contributed by atoms with van der Waals surface area (Å²) in [4.78, 5) is 0. The zero-order valence-corrected chi connectivity index (χ0v) is 7.55. The van der Waals surface area contributed by atoms with Crippen LogP contribution in [0.2, 0.25) is 5.02 Å². The molecule has 0 saturated heterocycles. The Morgan fingerprint density at radius 1 is 1.83 bits per heavy atom. The molecule has 0 spiro atoms. The summed E-state index contributed by atoms with van der Waals surface area (Å²) in [5.74, 6) is 0. The van der Waals surface area contributed by atoms with Crippen molar-refractivity contribution in [1.29, 1.82) is 0 Å². The first-order valence-corrected chi connectivity index (χ1v) is 4.06. The summed E-state index contributed by atoms with van der Waals surface area (Å²) in [5, 5.41) is 4.18. The van der Waals surface area contributed by atoms with Crippen LogP contribution in [0.5, 0.6) is 0 Å². The Kier molecular flexibility index (Phi) is 3.05. The molecule has 0 aliphatic rings. The van der Waals surface area contributed by atoms with Gasteiger partial charge in [-0.1, -0.05) is 11.6 Å². The van der Waals surface area contributed by atoms with Crippen molar-refractivity contribution in [3.63, 3.8) is 0 Å². The van der Waals surface area contributed by atoms with Crippen molar-refractivity contribution in [3.8, 4) is 0 Å². The highest BCUT2D eigenvalue weighted by molar-refractivity contribution is 6.31. The summed E-state index contributed by atoms with van der Waals surface area (Å²) in [6, 6.07) is 0. The molecule has 1 unspecified atom stereocenters. The molecule has 0 aliphatic heterocycles. The molecule has 5 heteroatoms. The molecule has 1 atom stereocenters. The van der Waals surface area contributed by atoms with E-state index in [1.165, 1.54) is 10.9 Å². The number of nitrogens with zero attached hydrogens (tertiary/aromatic N) is 2. The minimum absolute atomic E-state index is 0.277. The average molecular weight is 192 g/mol. The Morgan fingerprint density at radius 2 is 2.50 bits per heavy atom. The number of nitrogens with two attached hydrogens (primary N) is 1. The van der Waals surface area contributed by atoms with Crippen LogP contribution in [0.25, 0.3) is 0 Å². The molecule has 0 aliphatic carbocycles. The average Bonchev–Trinajstić information content (AvgIpc) is 2.32. The molecule has 3 nitrogen and oxygen atoms in total. The number of alkyl halides is 1. The first-order valence-electron chi connectivity index (χ1n) is 3.68. The Morgan fingerprint density at radius 3 is 2.92 bits per heavy atom. The van der Waals surface area contributed by atoms with E-state index in [1.807, 2.05) is 0 Å². The van der Waals surface area contributed by atoms with Gasteiger partial charge >= 0.3 is 0 Å². The maximum Gasteiger partial charge on any atom is 0.144 e. The second-order valence-corrected chi connectivity index (χ2v) is 2.95. The molecule has 1 heterocycles. The van der Waals surface area contributed by atoms with Gasteiger partial charge in [0.1, 0.15) is 6.17 Å². The van der Waals surface area contributed by atoms with Gasteiger partial charge in [-0.25, -0.2) is 4.39 Å². The second kappa shape index (κ2) is 3.87. The van der Waals surface area contributed by atoms with E-state index in [4.69, 9.17) is 17.3 Å². The van der Waals surface area contributed by atoms with E-state index < -0.39 is 6.17 Å². The summed E-state index contributed by atoms with van der Waals surface area (Å²) < 4.78 is 14.7. The minimum Gasteiger partial charge on any atom is -0.330 e. The van der Waals surface area contributed by atoms with Gasteiger partial charge in [-0.05, 0) is 13.0 Å². The minimum atomic E-state index is -1.12. The number of halogens is 2. The molecule has 2 N–H and O–H groups in total. The van der Waals surface area contributed by atoms with Crippen LogP contribution in [0.1, 0.15) is 18.3 Å². The van der Waals surface area contributed by atoms with Gasteiger partial charge in [-0.15, -0.1) is 0 Å². The normalized spacial score (nSPS) is 13.3. The Labute approximate surface area is 75.3 Å². The van der Waals surface area contributed by atoms with Gasteiger partial charge in [0.2, 0.25) is 0 Å². The lowest BCUT2D eigenvalue weighted by atomic mass is 10.2. The van der Waals surface area contributed by atoms with E-state index in [2.05, 4.69) is 5.10 Å². The predicted molar refractivity (Wildman–Crippen MR) is 45.7 cm³/mol. The first-order chi connectivity index (χ1) is 5.66. The van der Waals surface area contributed by atoms with Crippen molar-refractivity contribution in [2.75, 3.05) is 6.54 Å². The van der Waals surface area contributed by atoms with Gasteiger partial charge in [0, 0.05) is 7.05 Å². The number of hydrogen-bond donors (Lipinski definition) is 1. The standard InChI is InChI=1S/C7H11ClFN3/c1-12-7(5(8)4-11-12)6(9)2-3-10/h4,6H,2-3,10H2,1H3. The molecule has 0 bridgehead atoms. The lowest BCUT2D eigenvalue weighted by molar-refractivity contribution is 0.310. The van der Waals surface area contributed by atoms with E-state index in [1.54, 1.807) is 7.05 Å². The van der Waals surface area contributed by atoms with Gasteiger partial charge in [-0.3, -0.25) is 4.68 Å². The molecular weight excluding hydrogens is 181 g/mol. The smallest absolute Gasteiger partial charge is 0.144 e. The van der Waals surface area contributed by atoms with Gasteiger partial charge in [0.25, 0.3) is 0 Å². The Balaban J connectivity index is 2.85. The molecule has 0 amide bonds. The van der Waals surface area contributed by atoms with Crippen molar-refractivity contribution in [2.45, 2.75) is 12.6 Å². The van der Waals surface area contributed by atoms with Crippen LogP contribution in [0.4, 0.5) is 4.39 Å². The monoisotopic (exact) mass is 191 g/mol.